The van der Waals surface area contributed by atoms with Gasteiger partial charge in [0.1, 0.15) is 0 Å². The number of pyridine rings is 2. The minimum absolute atomic E-state index is 0.471. The molecule has 8 aromatic carbocycles. The maximum Gasteiger partial charge on any atom is 0.0893 e. The first kappa shape index (κ1) is 30.3. The summed E-state index contributed by atoms with van der Waals surface area (Å²) in [5, 5.41) is 7.78. The van der Waals surface area contributed by atoms with Crippen molar-refractivity contribution in [2.45, 2.75) is 5.41 Å². The van der Waals surface area contributed by atoms with E-state index in [0.29, 0.717) is 0 Å². The van der Waals surface area contributed by atoms with Crippen LogP contribution in [0, 0.1) is 0 Å². The van der Waals surface area contributed by atoms with Crippen LogP contribution in [0.2, 0.25) is 0 Å². The zero-order chi connectivity index (χ0) is 36.1. The third kappa shape index (κ3) is 4.14. The molecule has 1 spiro atoms. The van der Waals surface area contributed by atoms with Gasteiger partial charge in [0.05, 0.1) is 22.5 Å². The van der Waals surface area contributed by atoms with Crippen molar-refractivity contribution in [1.29, 1.82) is 0 Å². The van der Waals surface area contributed by atoms with Crippen LogP contribution in [-0.2, 0) is 5.41 Å². The Kier molecular flexibility index (Phi) is 6.29. The highest BCUT2D eigenvalue weighted by Gasteiger charge is 2.53. The summed E-state index contributed by atoms with van der Waals surface area (Å²) in [6, 6.07) is 69.0. The van der Waals surface area contributed by atoms with Crippen LogP contribution < -0.4 is 0 Å². The van der Waals surface area contributed by atoms with Crippen molar-refractivity contribution in [3.05, 3.63) is 217 Å². The van der Waals surface area contributed by atoms with Gasteiger partial charge >= 0.3 is 0 Å². The Labute approximate surface area is 319 Å². The summed E-state index contributed by atoms with van der Waals surface area (Å²) in [5.74, 6) is 0. The van der Waals surface area contributed by atoms with E-state index in [-0.39, 0.29) is 0 Å². The molecule has 0 atom stereocenters. The lowest BCUT2D eigenvalue weighted by Crippen LogP contribution is -2.26. The molecule has 0 N–H and O–H groups in total. The summed E-state index contributed by atoms with van der Waals surface area (Å²) in [6.07, 6.45) is 1.81. The van der Waals surface area contributed by atoms with Gasteiger partial charge in [0.15, 0.2) is 0 Å². The lowest BCUT2D eigenvalue weighted by atomic mass is 9.68. The van der Waals surface area contributed by atoms with Crippen LogP contribution in [0.1, 0.15) is 22.3 Å². The molecule has 0 saturated heterocycles. The van der Waals surface area contributed by atoms with Crippen LogP contribution in [0.4, 0.5) is 0 Å². The van der Waals surface area contributed by atoms with Crippen molar-refractivity contribution in [1.82, 2.24) is 9.97 Å². The van der Waals surface area contributed by atoms with Crippen molar-refractivity contribution in [3.63, 3.8) is 0 Å². The monoisotopic (exact) mass is 696 g/mol. The average Bonchev–Trinajstić information content (AvgIpc) is 3.75. The van der Waals surface area contributed by atoms with Crippen molar-refractivity contribution in [2.75, 3.05) is 0 Å². The molecule has 0 saturated carbocycles. The lowest BCUT2D eigenvalue weighted by molar-refractivity contribution is 0.809. The molecule has 0 radical (unpaired) electrons. The lowest BCUT2D eigenvalue weighted by Gasteiger charge is -2.32. The van der Waals surface area contributed by atoms with Crippen LogP contribution in [0.25, 0.3) is 88.3 Å². The molecule has 2 aromatic heterocycles. The Hall–Kier alpha value is -7.16. The maximum absolute atomic E-state index is 4.95. The SMILES string of the molecule is c1ccc(-c2cccc(-c3ccc(-c4ccc5c6c(ccc5c4)-c4c(c5ccccc5c5ccccc45)C64c5ccccc5-c5ccccc54)cc3)n2)nc1. The molecule has 2 heterocycles. The fraction of sp³-hybridized carbons (Fsp3) is 0.0189. The Bertz CT molecular complexity index is 3150. The molecule has 254 valence electrons. The second kappa shape index (κ2) is 11.4. The molecule has 0 bridgehead atoms. The van der Waals surface area contributed by atoms with E-state index in [1.807, 2.05) is 30.5 Å². The van der Waals surface area contributed by atoms with Crippen molar-refractivity contribution in [3.8, 4) is 56.0 Å². The number of aromatic nitrogens is 2. The van der Waals surface area contributed by atoms with Gasteiger partial charge in [-0.2, -0.15) is 0 Å². The minimum atomic E-state index is -0.471. The fourth-order valence-corrected chi connectivity index (χ4v) is 9.92. The fourth-order valence-electron chi connectivity index (χ4n) is 9.92. The summed E-state index contributed by atoms with van der Waals surface area (Å²) < 4.78 is 0. The van der Waals surface area contributed by atoms with E-state index in [1.54, 1.807) is 0 Å². The molecule has 10 aromatic rings. The quantitative estimate of drug-likeness (QED) is 0.172. The molecule has 0 aliphatic heterocycles. The normalized spacial score (nSPS) is 13.2. The molecule has 0 fully saturated rings. The predicted octanol–water partition coefficient (Wildman–Crippen LogP) is 13.3. The number of hydrogen-bond acceptors (Lipinski definition) is 2. The highest BCUT2D eigenvalue weighted by molar-refractivity contribution is 6.21. The Morgan fingerprint density at radius 3 is 1.69 bits per heavy atom. The van der Waals surface area contributed by atoms with Gasteiger partial charge in [0.25, 0.3) is 0 Å². The Morgan fingerprint density at radius 2 is 0.945 bits per heavy atom. The van der Waals surface area contributed by atoms with Gasteiger partial charge in [-0.25, -0.2) is 4.98 Å². The van der Waals surface area contributed by atoms with Crippen molar-refractivity contribution < 1.29 is 0 Å². The van der Waals surface area contributed by atoms with E-state index >= 15 is 0 Å². The van der Waals surface area contributed by atoms with Gasteiger partial charge in [0, 0.05) is 11.8 Å². The number of fused-ring (bicyclic) bond motifs is 17. The van der Waals surface area contributed by atoms with E-state index in [0.717, 1.165) is 22.6 Å². The van der Waals surface area contributed by atoms with Crippen LogP contribution in [0.5, 0.6) is 0 Å². The van der Waals surface area contributed by atoms with Gasteiger partial charge in [-0.15, -0.1) is 0 Å². The molecule has 0 unspecified atom stereocenters. The molecule has 0 amide bonds. The van der Waals surface area contributed by atoms with Crippen molar-refractivity contribution in [2.24, 2.45) is 0 Å². The smallest absolute Gasteiger partial charge is 0.0893 e. The van der Waals surface area contributed by atoms with Gasteiger partial charge in [-0.3, -0.25) is 4.98 Å². The average molecular weight is 697 g/mol. The topological polar surface area (TPSA) is 25.8 Å². The largest absolute Gasteiger partial charge is 0.255 e. The predicted molar refractivity (Wildman–Crippen MR) is 227 cm³/mol. The second-order valence-electron chi connectivity index (χ2n) is 14.8. The van der Waals surface area contributed by atoms with Crippen LogP contribution in [-0.4, -0.2) is 9.97 Å². The zero-order valence-corrected chi connectivity index (χ0v) is 29.9. The van der Waals surface area contributed by atoms with Crippen LogP contribution >= 0.6 is 0 Å². The van der Waals surface area contributed by atoms with Gasteiger partial charge in [-0.05, 0) is 118 Å². The molecule has 2 heteroatoms. The van der Waals surface area contributed by atoms with Crippen LogP contribution in [0.15, 0.2) is 194 Å². The molecule has 2 nitrogen and oxygen atoms in total. The molecule has 55 heavy (non-hydrogen) atoms. The van der Waals surface area contributed by atoms with E-state index in [9.17, 15) is 0 Å². The number of hydrogen-bond donors (Lipinski definition) is 0. The van der Waals surface area contributed by atoms with E-state index < -0.39 is 5.41 Å². The van der Waals surface area contributed by atoms with E-state index in [4.69, 9.17) is 4.98 Å². The molecular weight excluding hydrogens is 665 g/mol. The standard InChI is InChI=1S/C53H32N2/c1-3-16-42-38(12-1)39-13-2-4-17-43(39)52-50(42)44-30-28-36-32-35(33-23-25-34(26-24-33)47-21-11-22-49(55-47)48-20-9-10-31-54-48)27-29-37(36)51(44)53(52)45-18-7-5-14-40(45)41-15-6-8-19-46(41)53/h1-32H. The second-order valence-corrected chi connectivity index (χ2v) is 14.8. The summed E-state index contributed by atoms with van der Waals surface area (Å²) in [6.45, 7) is 0. The molecule has 2 aliphatic carbocycles. The van der Waals surface area contributed by atoms with Gasteiger partial charge < -0.3 is 0 Å². The minimum Gasteiger partial charge on any atom is -0.255 e. The first-order valence-electron chi connectivity index (χ1n) is 19.0. The first-order valence-corrected chi connectivity index (χ1v) is 19.0. The number of nitrogens with zero attached hydrogens (tertiary/aromatic N) is 2. The van der Waals surface area contributed by atoms with Gasteiger partial charge in [0.2, 0.25) is 0 Å². The Morgan fingerprint density at radius 1 is 0.345 bits per heavy atom. The molecular formula is C53H32N2. The number of rotatable bonds is 3. The molecule has 2 aliphatic rings. The van der Waals surface area contributed by atoms with E-state index in [2.05, 4.69) is 169 Å². The summed E-state index contributed by atoms with van der Waals surface area (Å²) in [7, 11) is 0. The summed E-state index contributed by atoms with van der Waals surface area (Å²) in [5.41, 5.74) is 16.5. The summed E-state index contributed by atoms with van der Waals surface area (Å²) >= 11 is 0. The third-order valence-electron chi connectivity index (χ3n) is 12.1. The number of benzene rings is 8. The highest BCUT2D eigenvalue weighted by atomic mass is 14.8. The van der Waals surface area contributed by atoms with Gasteiger partial charge in [-0.1, -0.05) is 158 Å². The van der Waals surface area contributed by atoms with Crippen LogP contribution in [0.3, 0.4) is 0 Å². The van der Waals surface area contributed by atoms with Crippen molar-refractivity contribution >= 4 is 32.3 Å². The summed E-state index contributed by atoms with van der Waals surface area (Å²) in [4.78, 5) is 9.45. The van der Waals surface area contributed by atoms with E-state index in [1.165, 1.54) is 88.0 Å². The highest BCUT2D eigenvalue weighted by Crippen LogP contribution is 2.66. The zero-order valence-electron chi connectivity index (χ0n) is 29.9. The first-order chi connectivity index (χ1) is 27.3. The molecule has 12 rings (SSSR count). The maximum atomic E-state index is 4.95. The third-order valence-corrected chi connectivity index (χ3v) is 12.1. The Balaban J connectivity index is 1.08.